The molecule has 88 valence electrons. The van der Waals surface area contributed by atoms with Gasteiger partial charge in [-0.05, 0) is 25.7 Å². The van der Waals surface area contributed by atoms with Gasteiger partial charge in [0.2, 0.25) is 0 Å². The summed E-state index contributed by atoms with van der Waals surface area (Å²) in [6.07, 6.45) is 13.8. The maximum absolute atomic E-state index is 6.16. The van der Waals surface area contributed by atoms with Crippen LogP contribution in [-0.2, 0) is 0 Å². The van der Waals surface area contributed by atoms with Gasteiger partial charge in [0.15, 0.2) is 0 Å². The Kier molecular flexibility index (Phi) is 4.33. The van der Waals surface area contributed by atoms with Crippen molar-refractivity contribution in [2.75, 3.05) is 5.88 Å². The van der Waals surface area contributed by atoms with Crippen molar-refractivity contribution in [3.05, 3.63) is 0 Å². The molecule has 0 amide bonds. The monoisotopic (exact) mass is 229 g/mol. The van der Waals surface area contributed by atoms with Gasteiger partial charge in [0.05, 0.1) is 0 Å². The number of halogens is 1. The van der Waals surface area contributed by atoms with E-state index in [4.69, 9.17) is 11.6 Å². The largest absolute Gasteiger partial charge is 0.307 e. The Balaban J connectivity index is 1.87. The van der Waals surface area contributed by atoms with Crippen LogP contribution in [0.1, 0.15) is 64.2 Å². The van der Waals surface area contributed by atoms with Crippen molar-refractivity contribution >= 4 is 11.6 Å². The van der Waals surface area contributed by atoms with Crippen LogP contribution < -0.4 is 5.32 Å². The lowest BCUT2D eigenvalue weighted by Gasteiger charge is -2.33. The van der Waals surface area contributed by atoms with Gasteiger partial charge < -0.3 is 5.32 Å². The van der Waals surface area contributed by atoms with Gasteiger partial charge in [-0.15, -0.1) is 11.6 Å². The summed E-state index contributed by atoms with van der Waals surface area (Å²) in [5, 5.41) is 3.89. The van der Waals surface area contributed by atoms with E-state index < -0.39 is 0 Å². The van der Waals surface area contributed by atoms with Crippen LogP contribution in [-0.4, -0.2) is 17.5 Å². The molecule has 2 fully saturated rings. The van der Waals surface area contributed by atoms with Gasteiger partial charge in [0, 0.05) is 17.5 Å². The number of hydrogen-bond donors (Lipinski definition) is 1. The minimum absolute atomic E-state index is 0.302. The predicted octanol–water partition coefficient (Wildman–Crippen LogP) is 3.85. The van der Waals surface area contributed by atoms with Crippen LogP contribution in [0.25, 0.3) is 0 Å². The smallest absolute Gasteiger partial charge is 0.0406 e. The van der Waals surface area contributed by atoms with Crippen molar-refractivity contribution in [2.45, 2.75) is 75.8 Å². The average molecular weight is 230 g/mol. The summed E-state index contributed by atoms with van der Waals surface area (Å²) in [4.78, 5) is 0. The highest BCUT2D eigenvalue weighted by atomic mass is 35.5. The Labute approximate surface area is 99.0 Å². The quantitative estimate of drug-likeness (QED) is 0.573. The van der Waals surface area contributed by atoms with Crippen LogP contribution in [0.3, 0.4) is 0 Å². The molecule has 0 unspecified atom stereocenters. The summed E-state index contributed by atoms with van der Waals surface area (Å²) in [6, 6.07) is 0.754. The van der Waals surface area contributed by atoms with E-state index in [-0.39, 0.29) is 0 Å². The van der Waals surface area contributed by atoms with E-state index in [1.807, 2.05) is 0 Å². The first-order valence-corrected chi connectivity index (χ1v) is 7.22. The number of hydrogen-bond acceptors (Lipinski definition) is 1. The molecule has 0 aliphatic heterocycles. The maximum atomic E-state index is 6.16. The second-order valence-corrected chi connectivity index (χ2v) is 5.72. The zero-order valence-electron chi connectivity index (χ0n) is 9.73. The summed E-state index contributed by atoms with van der Waals surface area (Å²) in [6.45, 7) is 0. The summed E-state index contributed by atoms with van der Waals surface area (Å²) >= 11 is 6.16. The van der Waals surface area contributed by atoms with Crippen molar-refractivity contribution in [2.24, 2.45) is 0 Å². The molecule has 2 aliphatic rings. The highest BCUT2D eigenvalue weighted by Gasteiger charge is 2.34. The Hall–Kier alpha value is 0.250. The molecule has 0 atom stereocenters. The van der Waals surface area contributed by atoms with E-state index in [0.29, 0.717) is 5.54 Å². The van der Waals surface area contributed by atoms with Gasteiger partial charge in [-0.3, -0.25) is 0 Å². The molecule has 0 aromatic carbocycles. The Bertz CT molecular complexity index is 179. The Morgan fingerprint density at radius 3 is 2.07 bits per heavy atom. The van der Waals surface area contributed by atoms with Gasteiger partial charge in [0.1, 0.15) is 0 Å². The molecule has 1 nitrogen and oxygen atoms in total. The van der Waals surface area contributed by atoms with Gasteiger partial charge in [0.25, 0.3) is 0 Å². The summed E-state index contributed by atoms with van der Waals surface area (Å²) in [5.41, 5.74) is 0.302. The third kappa shape index (κ3) is 3.10. The van der Waals surface area contributed by atoms with Crippen molar-refractivity contribution < 1.29 is 0 Å². The summed E-state index contributed by atoms with van der Waals surface area (Å²) in [7, 11) is 0. The van der Waals surface area contributed by atoms with Crippen molar-refractivity contribution in [1.82, 2.24) is 5.32 Å². The number of nitrogens with one attached hydrogen (secondary N) is 1. The second kappa shape index (κ2) is 5.54. The average Bonchev–Trinajstić information content (AvgIpc) is 2.57. The van der Waals surface area contributed by atoms with Gasteiger partial charge in [-0.25, -0.2) is 0 Å². The predicted molar refractivity (Wildman–Crippen MR) is 66.5 cm³/mol. The van der Waals surface area contributed by atoms with Crippen LogP contribution >= 0.6 is 11.6 Å². The third-order valence-electron chi connectivity index (χ3n) is 4.18. The minimum atomic E-state index is 0.302. The van der Waals surface area contributed by atoms with E-state index in [1.165, 1.54) is 64.2 Å². The van der Waals surface area contributed by atoms with Crippen LogP contribution in [0.5, 0.6) is 0 Å². The normalized spacial score (nSPS) is 27.8. The minimum Gasteiger partial charge on any atom is -0.307 e. The lowest BCUT2D eigenvalue weighted by Crippen LogP contribution is -2.49. The molecule has 0 aromatic heterocycles. The fourth-order valence-corrected chi connectivity index (χ4v) is 3.57. The SMILES string of the molecule is ClCC1(NC2CCCCCC2)CCCC1. The molecule has 0 aromatic rings. The molecule has 0 heterocycles. The van der Waals surface area contributed by atoms with E-state index >= 15 is 0 Å². The standard InChI is InChI=1S/C13H24ClN/c14-11-13(9-5-6-10-13)15-12-7-3-1-2-4-8-12/h12,15H,1-11H2. The molecule has 0 radical (unpaired) electrons. The van der Waals surface area contributed by atoms with E-state index in [2.05, 4.69) is 5.32 Å². The first-order chi connectivity index (χ1) is 7.35. The molecule has 2 heteroatoms. The number of rotatable bonds is 3. The fourth-order valence-electron chi connectivity index (χ4n) is 3.23. The zero-order chi connectivity index (χ0) is 10.6. The van der Waals surface area contributed by atoms with Crippen LogP contribution in [0, 0.1) is 0 Å². The fraction of sp³-hybridized carbons (Fsp3) is 1.00. The molecule has 0 spiro atoms. The first kappa shape index (κ1) is 11.7. The lowest BCUT2D eigenvalue weighted by atomic mass is 9.96. The van der Waals surface area contributed by atoms with E-state index in [9.17, 15) is 0 Å². The third-order valence-corrected chi connectivity index (χ3v) is 4.69. The maximum Gasteiger partial charge on any atom is 0.0406 e. The van der Waals surface area contributed by atoms with Crippen LogP contribution in [0.4, 0.5) is 0 Å². The topological polar surface area (TPSA) is 12.0 Å². The molecule has 2 aliphatic carbocycles. The molecular weight excluding hydrogens is 206 g/mol. The summed E-state index contributed by atoms with van der Waals surface area (Å²) < 4.78 is 0. The Morgan fingerprint density at radius 1 is 0.933 bits per heavy atom. The molecule has 1 N–H and O–H groups in total. The van der Waals surface area contributed by atoms with Crippen molar-refractivity contribution in [3.8, 4) is 0 Å². The molecule has 15 heavy (non-hydrogen) atoms. The van der Waals surface area contributed by atoms with Crippen LogP contribution in [0.15, 0.2) is 0 Å². The molecule has 2 saturated carbocycles. The molecule has 0 saturated heterocycles. The lowest BCUT2D eigenvalue weighted by molar-refractivity contribution is 0.300. The highest BCUT2D eigenvalue weighted by molar-refractivity contribution is 6.18. The van der Waals surface area contributed by atoms with Gasteiger partial charge in [-0.2, -0.15) is 0 Å². The van der Waals surface area contributed by atoms with E-state index in [1.54, 1.807) is 0 Å². The summed E-state index contributed by atoms with van der Waals surface area (Å²) in [5.74, 6) is 0.809. The molecule has 2 rings (SSSR count). The van der Waals surface area contributed by atoms with Gasteiger partial charge in [-0.1, -0.05) is 38.5 Å². The molecular formula is C13H24ClN. The van der Waals surface area contributed by atoms with Gasteiger partial charge >= 0.3 is 0 Å². The zero-order valence-corrected chi connectivity index (χ0v) is 10.5. The number of alkyl halides is 1. The van der Waals surface area contributed by atoms with Crippen molar-refractivity contribution in [3.63, 3.8) is 0 Å². The van der Waals surface area contributed by atoms with Crippen LogP contribution in [0.2, 0.25) is 0 Å². The Morgan fingerprint density at radius 2 is 1.53 bits per heavy atom. The second-order valence-electron chi connectivity index (χ2n) is 5.45. The van der Waals surface area contributed by atoms with Crippen molar-refractivity contribution in [1.29, 1.82) is 0 Å². The van der Waals surface area contributed by atoms with E-state index in [0.717, 1.165) is 11.9 Å². The first-order valence-electron chi connectivity index (χ1n) is 6.68. The highest BCUT2D eigenvalue weighted by Crippen LogP contribution is 2.32. The molecule has 0 bridgehead atoms.